The lowest BCUT2D eigenvalue weighted by Crippen LogP contribution is -2.55. The summed E-state index contributed by atoms with van der Waals surface area (Å²) in [6, 6.07) is 21.0. The van der Waals surface area contributed by atoms with Crippen molar-refractivity contribution >= 4 is 57.5 Å². The van der Waals surface area contributed by atoms with Gasteiger partial charge in [-0.15, -0.1) is 0 Å². The number of imide groups is 2. The number of piperazine rings is 1. The van der Waals surface area contributed by atoms with Gasteiger partial charge < -0.3 is 43.7 Å². The van der Waals surface area contributed by atoms with Gasteiger partial charge in [0.25, 0.3) is 11.8 Å². The van der Waals surface area contributed by atoms with Crippen LogP contribution in [0.5, 0.6) is 6.01 Å². The molecule has 0 saturated carbocycles. The molecule has 1 unspecified atom stereocenters. The Balaban J connectivity index is 0.692. The van der Waals surface area contributed by atoms with Crippen molar-refractivity contribution in [3.8, 4) is 12.1 Å². The van der Waals surface area contributed by atoms with Gasteiger partial charge >= 0.3 is 6.01 Å². The van der Waals surface area contributed by atoms with Crippen LogP contribution in [0, 0.1) is 11.3 Å². The van der Waals surface area contributed by atoms with E-state index in [1.165, 1.54) is 16.8 Å². The van der Waals surface area contributed by atoms with E-state index in [2.05, 4.69) is 87.5 Å². The first-order valence-corrected chi connectivity index (χ1v) is 25.1. The molecule has 20 heteroatoms. The molecule has 20 nitrogen and oxygen atoms in total. The van der Waals surface area contributed by atoms with Crippen LogP contribution >= 0.6 is 0 Å². The van der Waals surface area contributed by atoms with Gasteiger partial charge in [-0.25, -0.2) is 0 Å². The number of hydrogen-bond donors (Lipinski definition) is 2. The number of amides is 5. The van der Waals surface area contributed by atoms with Crippen LogP contribution in [0.25, 0.3) is 10.8 Å². The van der Waals surface area contributed by atoms with E-state index in [4.69, 9.17) is 33.7 Å². The molecule has 2 N–H and O–H groups in total. The highest BCUT2D eigenvalue weighted by Crippen LogP contribution is 2.36. The first-order valence-electron chi connectivity index (χ1n) is 25.1. The van der Waals surface area contributed by atoms with Gasteiger partial charge in [0.05, 0.1) is 94.2 Å². The van der Waals surface area contributed by atoms with Crippen LogP contribution in [0.4, 0.5) is 17.2 Å². The summed E-state index contributed by atoms with van der Waals surface area (Å²) in [5.41, 5.74) is 4.00. The van der Waals surface area contributed by atoms with Gasteiger partial charge in [0.1, 0.15) is 18.5 Å². The van der Waals surface area contributed by atoms with Crippen molar-refractivity contribution in [2.75, 3.05) is 114 Å². The van der Waals surface area contributed by atoms with Crippen molar-refractivity contribution in [3.63, 3.8) is 0 Å². The maximum atomic E-state index is 13.3. The summed E-state index contributed by atoms with van der Waals surface area (Å²) < 4.78 is 29.8. The summed E-state index contributed by atoms with van der Waals surface area (Å²) in [4.78, 5) is 82.7. The molecule has 0 aliphatic carbocycles. The summed E-state index contributed by atoms with van der Waals surface area (Å²) in [6.45, 7) is 10.7. The second-order valence-corrected chi connectivity index (χ2v) is 18.7. The van der Waals surface area contributed by atoms with Gasteiger partial charge in [-0.3, -0.25) is 39.1 Å². The van der Waals surface area contributed by atoms with E-state index in [0.29, 0.717) is 97.3 Å². The summed E-state index contributed by atoms with van der Waals surface area (Å²) >= 11 is 0. The summed E-state index contributed by atoms with van der Waals surface area (Å²) in [6.07, 6.45) is 3.17. The molecule has 4 atom stereocenters. The van der Waals surface area contributed by atoms with Gasteiger partial charge in [-0.05, 0) is 56.0 Å². The number of benzene rings is 3. The lowest BCUT2D eigenvalue weighted by molar-refractivity contribution is -0.136. The number of aromatic nitrogens is 2. The first kappa shape index (κ1) is 50.9. The minimum Gasteiger partial charge on any atom is -0.462 e. The van der Waals surface area contributed by atoms with E-state index >= 15 is 0 Å². The number of likely N-dealkylation sites (tertiary alicyclic amines) is 1. The normalized spacial score (nSPS) is 21.0. The minimum absolute atomic E-state index is 0.00399. The smallest absolute Gasteiger partial charge is 0.318 e. The highest BCUT2D eigenvalue weighted by atomic mass is 16.6. The Bertz CT molecular complexity index is 2750. The first-order chi connectivity index (χ1) is 35.6. The van der Waals surface area contributed by atoms with Crippen LogP contribution in [-0.2, 0) is 46.3 Å². The largest absolute Gasteiger partial charge is 0.462 e. The summed E-state index contributed by atoms with van der Waals surface area (Å²) in [7, 11) is 2.06. The minimum atomic E-state index is -1.03. The number of piperidine rings is 1. The lowest BCUT2D eigenvalue weighted by Gasteiger charge is -2.42. The maximum absolute atomic E-state index is 13.3. The molecule has 5 amide bonds. The third-order valence-electron chi connectivity index (χ3n) is 14.1. The average Bonchev–Trinajstić information content (AvgIpc) is 3.89. The standard InChI is InChI=1S/C53H62N10O10/c1-3-47(65)62-22-21-61(31-36(62)16-18-54)49-40-17-20-60(44-13-6-9-35-8-4-5-10-39(35)44)33-43(40)56-53(58-49)73-34-37-30-38(32-59(37)2)72-29-28-71-27-26-70-25-24-69-23-19-55-42-12-7-11-41-48(42)52(68)63(51(41)67)45-14-15-46(64)57-50(45)66/h3-13,36-38,45,55H,1,14-17,19-34H2,2H3,(H,57,64,66)/t36-,37-,38+,45?/m0/s1. The highest BCUT2D eigenvalue weighted by molar-refractivity contribution is 6.25. The number of carbonyl (C=O) groups is 5. The fourth-order valence-corrected chi connectivity index (χ4v) is 10.4. The number of anilines is 3. The SMILES string of the molecule is C=CC(=O)N1CCN(c2nc(OC[C@@H]3C[C@@H](OCCOCCOCCOCCNc4cccc5c4C(=O)N(C4CCC(=O)NC4=O)C5=O)CN3C)nc3c2CCN(c2cccc4ccccc24)C3)C[C@@H]1CC#N. The Kier molecular flexibility index (Phi) is 16.5. The summed E-state index contributed by atoms with van der Waals surface area (Å²) in [5, 5.41) is 17.4. The Morgan fingerprint density at radius 3 is 2.42 bits per heavy atom. The fourth-order valence-electron chi connectivity index (χ4n) is 10.4. The molecule has 384 valence electrons. The number of nitriles is 1. The zero-order chi connectivity index (χ0) is 50.8. The van der Waals surface area contributed by atoms with Gasteiger partial charge in [0, 0.05) is 74.1 Å². The zero-order valence-corrected chi connectivity index (χ0v) is 41.2. The second kappa shape index (κ2) is 23.7. The third kappa shape index (κ3) is 11.6. The van der Waals surface area contributed by atoms with Crippen molar-refractivity contribution in [1.29, 1.82) is 5.26 Å². The molecule has 0 bridgehead atoms. The third-order valence-corrected chi connectivity index (χ3v) is 14.1. The fraction of sp³-hybridized carbons (Fsp3) is 0.472. The number of ether oxygens (including phenoxy) is 5. The predicted octanol–water partition coefficient (Wildman–Crippen LogP) is 3.34. The van der Waals surface area contributed by atoms with Crippen molar-refractivity contribution in [3.05, 3.63) is 95.7 Å². The molecule has 3 saturated heterocycles. The van der Waals surface area contributed by atoms with E-state index in [1.807, 2.05) is 0 Å². The van der Waals surface area contributed by atoms with Gasteiger partial charge in [-0.1, -0.05) is 49.0 Å². The Morgan fingerprint density at radius 2 is 1.63 bits per heavy atom. The molecule has 5 aliphatic heterocycles. The number of rotatable bonds is 22. The van der Waals surface area contributed by atoms with Crippen molar-refractivity contribution in [1.82, 2.24) is 30.0 Å². The quantitative estimate of drug-likeness (QED) is 0.0655. The van der Waals surface area contributed by atoms with Crippen LogP contribution in [0.15, 0.2) is 73.3 Å². The van der Waals surface area contributed by atoms with Gasteiger partial charge in [-0.2, -0.15) is 15.2 Å². The Morgan fingerprint density at radius 1 is 0.863 bits per heavy atom. The monoisotopic (exact) mass is 998 g/mol. The zero-order valence-electron chi connectivity index (χ0n) is 41.2. The number of fused-ring (bicyclic) bond motifs is 3. The average molecular weight is 999 g/mol. The number of nitrogens with zero attached hydrogens (tertiary/aromatic N) is 8. The van der Waals surface area contributed by atoms with Crippen LogP contribution < -0.4 is 25.2 Å². The van der Waals surface area contributed by atoms with Crippen LogP contribution in [0.2, 0.25) is 0 Å². The van der Waals surface area contributed by atoms with E-state index in [9.17, 15) is 29.2 Å². The molecular weight excluding hydrogens is 937 g/mol. The molecule has 4 aromatic rings. The Labute approximate surface area is 424 Å². The number of nitrogens with one attached hydrogen (secondary N) is 2. The van der Waals surface area contributed by atoms with Crippen LogP contribution in [0.3, 0.4) is 0 Å². The highest BCUT2D eigenvalue weighted by Gasteiger charge is 2.46. The topological polar surface area (TPSA) is 221 Å². The van der Waals surface area contributed by atoms with Gasteiger partial charge in [0.15, 0.2) is 0 Å². The van der Waals surface area contributed by atoms with Crippen molar-refractivity contribution in [2.24, 2.45) is 0 Å². The molecular formula is C53H62N10O10. The lowest BCUT2D eigenvalue weighted by atomic mass is 10.0. The molecule has 1 aromatic heterocycles. The Hall–Kier alpha value is -7.02. The van der Waals surface area contributed by atoms with Crippen molar-refractivity contribution < 1.29 is 47.7 Å². The van der Waals surface area contributed by atoms with E-state index < -0.39 is 29.7 Å². The number of carbonyl (C=O) groups excluding carboxylic acids is 5. The van der Waals surface area contributed by atoms with Gasteiger partial charge in [0.2, 0.25) is 17.7 Å². The predicted molar refractivity (Wildman–Crippen MR) is 269 cm³/mol. The molecule has 9 rings (SSSR count). The molecule has 5 aliphatic rings. The molecule has 3 fully saturated rings. The van der Waals surface area contributed by atoms with E-state index in [0.717, 1.165) is 53.6 Å². The van der Waals surface area contributed by atoms with E-state index in [-0.39, 0.29) is 54.5 Å². The summed E-state index contributed by atoms with van der Waals surface area (Å²) in [5.74, 6) is -1.57. The molecule has 3 aromatic carbocycles. The number of likely N-dealkylation sites (N-methyl/N-ethyl adjacent to an activating group) is 1. The van der Waals surface area contributed by atoms with Crippen LogP contribution in [0.1, 0.15) is 57.7 Å². The molecule has 0 radical (unpaired) electrons. The van der Waals surface area contributed by atoms with Crippen LogP contribution in [-0.4, -0.2) is 178 Å². The van der Waals surface area contributed by atoms with E-state index in [1.54, 1.807) is 23.1 Å². The molecule has 0 spiro atoms. The second-order valence-electron chi connectivity index (χ2n) is 18.7. The molecule has 6 heterocycles. The molecule has 73 heavy (non-hydrogen) atoms. The number of hydrogen-bond acceptors (Lipinski definition) is 17. The maximum Gasteiger partial charge on any atom is 0.318 e. The van der Waals surface area contributed by atoms with Crippen molar-refractivity contribution in [2.45, 2.75) is 62.9 Å².